The summed E-state index contributed by atoms with van der Waals surface area (Å²) in [5.74, 6) is 1.27. The molecule has 1 aliphatic heterocycles. The van der Waals surface area contributed by atoms with Crippen LogP contribution < -0.4 is 10.5 Å². The molecule has 1 heterocycles. The molecular formula is C15H23FN2O. The average Bonchev–Trinajstić information content (AvgIpc) is 2.88. The molecule has 0 aromatic heterocycles. The molecule has 0 amide bonds. The molecule has 0 bridgehead atoms. The zero-order valence-electron chi connectivity index (χ0n) is 11.5. The van der Waals surface area contributed by atoms with Gasteiger partial charge in [-0.1, -0.05) is 13.0 Å². The van der Waals surface area contributed by atoms with E-state index in [1.54, 1.807) is 12.1 Å². The smallest absolute Gasteiger partial charge is 0.126 e. The molecular weight excluding hydrogens is 243 g/mol. The van der Waals surface area contributed by atoms with Crippen LogP contribution in [0, 0.1) is 17.7 Å². The Bertz CT molecular complexity index is 399. The number of nitrogens with zero attached hydrogens (tertiary/aromatic N) is 1. The molecule has 0 saturated carbocycles. The minimum Gasteiger partial charge on any atom is -0.493 e. The Balaban J connectivity index is 1.86. The van der Waals surface area contributed by atoms with Crippen molar-refractivity contribution in [1.29, 1.82) is 0 Å². The molecule has 2 rings (SSSR count). The van der Waals surface area contributed by atoms with Crippen LogP contribution in [0.1, 0.15) is 13.3 Å². The first-order valence-corrected chi connectivity index (χ1v) is 7.03. The summed E-state index contributed by atoms with van der Waals surface area (Å²) >= 11 is 0. The Morgan fingerprint density at radius 2 is 2.37 bits per heavy atom. The molecule has 0 radical (unpaired) electrons. The molecule has 1 aromatic rings. The molecule has 2 atom stereocenters. The summed E-state index contributed by atoms with van der Waals surface area (Å²) in [4.78, 5) is 2.44. The molecule has 4 heteroatoms. The van der Waals surface area contributed by atoms with Gasteiger partial charge in [0.25, 0.3) is 0 Å². The highest BCUT2D eigenvalue weighted by atomic mass is 19.1. The fourth-order valence-corrected chi connectivity index (χ4v) is 2.69. The van der Waals surface area contributed by atoms with E-state index in [4.69, 9.17) is 10.5 Å². The third kappa shape index (κ3) is 3.91. The van der Waals surface area contributed by atoms with Gasteiger partial charge in [-0.15, -0.1) is 0 Å². The summed E-state index contributed by atoms with van der Waals surface area (Å²) in [5, 5.41) is 0. The number of likely N-dealkylation sites (tertiary alicyclic amines) is 1. The number of halogens is 1. The van der Waals surface area contributed by atoms with Crippen molar-refractivity contribution in [3.05, 3.63) is 30.1 Å². The summed E-state index contributed by atoms with van der Waals surface area (Å²) in [5.41, 5.74) is 5.86. The van der Waals surface area contributed by atoms with E-state index in [0.29, 0.717) is 30.7 Å². The van der Waals surface area contributed by atoms with Crippen LogP contribution >= 0.6 is 0 Å². The van der Waals surface area contributed by atoms with Crippen molar-refractivity contribution in [2.45, 2.75) is 13.3 Å². The molecule has 1 saturated heterocycles. The quantitative estimate of drug-likeness (QED) is 0.857. The highest BCUT2D eigenvalue weighted by Crippen LogP contribution is 2.24. The van der Waals surface area contributed by atoms with E-state index in [1.807, 2.05) is 0 Å². The summed E-state index contributed by atoms with van der Waals surface area (Å²) in [6.45, 7) is 6.73. The summed E-state index contributed by atoms with van der Waals surface area (Å²) in [7, 11) is 0. The van der Waals surface area contributed by atoms with Gasteiger partial charge in [-0.05, 0) is 44.1 Å². The molecule has 3 nitrogen and oxygen atoms in total. The van der Waals surface area contributed by atoms with Crippen molar-refractivity contribution in [3.8, 4) is 5.75 Å². The average molecular weight is 266 g/mol. The zero-order valence-corrected chi connectivity index (χ0v) is 11.5. The first kappa shape index (κ1) is 14.3. The van der Waals surface area contributed by atoms with Crippen molar-refractivity contribution in [2.75, 3.05) is 32.8 Å². The topological polar surface area (TPSA) is 38.5 Å². The van der Waals surface area contributed by atoms with E-state index in [-0.39, 0.29) is 5.82 Å². The van der Waals surface area contributed by atoms with Gasteiger partial charge < -0.3 is 15.4 Å². The molecule has 106 valence electrons. The van der Waals surface area contributed by atoms with Crippen molar-refractivity contribution in [3.63, 3.8) is 0 Å². The first-order chi connectivity index (χ1) is 9.22. The third-order valence-corrected chi connectivity index (χ3v) is 3.99. The second kappa shape index (κ2) is 6.87. The number of benzene rings is 1. The molecule has 2 N–H and O–H groups in total. The maximum Gasteiger partial charge on any atom is 0.126 e. The minimum atomic E-state index is -0.264. The molecule has 19 heavy (non-hydrogen) atoms. The van der Waals surface area contributed by atoms with Gasteiger partial charge in [0.1, 0.15) is 11.6 Å². The van der Waals surface area contributed by atoms with E-state index in [0.717, 1.165) is 19.6 Å². The Morgan fingerprint density at radius 1 is 1.53 bits per heavy atom. The molecule has 1 aliphatic rings. The maximum absolute atomic E-state index is 13.1. The molecule has 1 fully saturated rings. The van der Waals surface area contributed by atoms with Crippen LogP contribution in [0.15, 0.2) is 24.3 Å². The van der Waals surface area contributed by atoms with E-state index < -0.39 is 0 Å². The van der Waals surface area contributed by atoms with Gasteiger partial charge in [0, 0.05) is 18.5 Å². The van der Waals surface area contributed by atoms with Gasteiger partial charge in [0.15, 0.2) is 0 Å². The lowest BCUT2D eigenvalue weighted by Crippen LogP contribution is -2.31. The van der Waals surface area contributed by atoms with Crippen LogP contribution in [0.3, 0.4) is 0 Å². The Hall–Kier alpha value is -1.13. The molecule has 1 aromatic carbocycles. The second-order valence-electron chi connectivity index (χ2n) is 5.21. The molecule has 0 aliphatic carbocycles. The van der Waals surface area contributed by atoms with E-state index in [2.05, 4.69) is 11.8 Å². The third-order valence-electron chi connectivity index (χ3n) is 3.99. The van der Waals surface area contributed by atoms with E-state index >= 15 is 0 Å². The SMILES string of the molecule is CCN1CCC(C(CN)COc2cccc(F)c2)C1. The van der Waals surface area contributed by atoms with Crippen molar-refractivity contribution < 1.29 is 9.13 Å². The number of hydrogen-bond acceptors (Lipinski definition) is 3. The predicted molar refractivity (Wildman–Crippen MR) is 74.7 cm³/mol. The van der Waals surface area contributed by atoms with Gasteiger partial charge in [-0.25, -0.2) is 4.39 Å². The Kier molecular flexibility index (Phi) is 5.16. The Morgan fingerprint density at radius 3 is 3.00 bits per heavy atom. The molecule has 2 unspecified atom stereocenters. The predicted octanol–water partition coefficient (Wildman–Crippen LogP) is 2.12. The van der Waals surface area contributed by atoms with Crippen LogP contribution in [0.4, 0.5) is 4.39 Å². The van der Waals surface area contributed by atoms with Gasteiger partial charge in [0.2, 0.25) is 0 Å². The van der Waals surface area contributed by atoms with Crippen molar-refractivity contribution >= 4 is 0 Å². The fraction of sp³-hybridized carbons (Fsp3) is 0.600. The normalized spacial score (nSPS) is 21.5. The van der Waals surface area contributed by atoms with Crippen molar-refractivity contribution in [1.82, 2.24) is 4.90 Å². The lowest BCUT2D eigenvalue weighted by molar-refractivity contribution is 0.196. The number of ether oxygens (including phenoxy) is 1. The van der Waals surface area contributed by atoms with Crippen LogP contribution in [0.25, 0.3) is 0 Å². The van der Waals surface area contributed by atoms with Crippen LogP contribution in [-0.2, 0) is 0 Å². The second-order valence-corrected chi connectivity index (χ2v) is 5.21. The summed E-state index contributed by atoms with van der Waals surface area (Å²) in [6, 6.07) is 6.28. The monoisotopic (exact) mass is 266 g/mol. The van der Waals surface area contributed by atoms with E-state index in [9.17, 15) is 4.39 Å². The van der Waals surface area contributed by atoms with Gasteiger partial charge in [0.05, 0.1) is 6.61 Å². The number of rotatable bonds is 6. The summed E-state index contributed by atoms with van der Waals surface area (Å²) < 4.78 is 18.7. The lowest BCUT2D eigenvalue weighted by atomic mass is 9.92. The highest BCUT2D eigenvalue weighted by molar-refractivity contribution is 5.22. The molecule has 0 spiro atoms. The lowest BCUT2D eigenvalue weighted by Gasteiger charge is -2.22. The zero-order chi connectivity index (χ0) is 13.7. The van der Waals surface area contributed by atoms with Crippen molar-refractivity contribution in [2.24, 2.45) is 17.6 Å². The largest absolute Gasteiger partial charge is 0.493 e. The maximum atomic E-state index is 13.1. The number of hydrogen-bond donors (Lipinski definition) is 1. The van der Waals surface area contributed by atoms with Gasteiger partial charge in [-0.3, -0.25) is 0 Å². The van der Waals surface area contributed by atoms with Gasteiger partial charge in [-0.2, -0.15) is 0 Å². The fourth-order valence-electron chi connectivity index (χ4n) is 2.69. The first-order valence-electron chi connectivity index (χ1n) is 7.03. The van der Waals surface area contributed by atoms with E-state index in [1.165, 1.54) is 18.6 Å². The van der Waals surface area contributed by atoms with Crippen LogP contribution in [0.5, 0.6) is 5.75 Å². The van der Waals surface area contributed by atoms with Crippen LogP contribution in [0.2, 0.25) is 0 Å². The standard InChI is InChI=1S/C15H23FN2O/c1-2-18-7-6-12(10-18)13(9-17)11-19-15-5-3-4-14(16)8-15/h3-5,8,12-13H,2,6-7,9-11,17H2,1H3. The highest BCUT2D eigenvalue weighted by Gasteiger charge is 2.28. The minimum absolute atomic E-state index is 0.264. The Labute approximate surface area is 114 Å². The van der Waals surface area contributed by atoms with Gasteiger partial charge >= 0.3 is 0 Å². The number of nitrogens with two attached hydrogens (primary N) is 1. The van der Waals surface area contributed by atoms with Crippen LogP contribution in [-0.4, -0.2) is 37.7 Å². The summed E-state index contributed by atoms with van der Waals surface area (Å²) in [6.07, 6.45) is 1.18.